The number of carbonyl (C=O) groups is 2. The van der Waals surface area contributed by atoms with Crippen LogP contribution in [0.3, 0.4) is 0 Å². The van der Waals surface area contributed by atoms with E-state index in [-0.39, 0.29) is 18.3 Å². The average Bonchev–Trinajstić information content (AvgIpc) is 2.89. The number of nitrogens with zero attached hydrogens (tertiary/aromatic N) is 1. The Balaban J connectivity index is 1.70. The summed E-state index contributed by atoms with van der Waals surface area (Å²) < 4.78 is 18.1. The molecule has 1 saturated heterocycles. The number of hydrogen-bond acceptors (Lipinski definition) is 3. The van der Waals surface area contributed by atoms with Crippen LogP contribution in [0.2, 0.25) is 0 Å². The summed E-state index contributed by atoms with van der Waals surface area (Å²) in [6.45, 7) is 2.78. The molecule has 1 N–H and O–H groups in total. The molecule has 2 rings (SSSR count). The fraction of sp³-hybridized carbons (Fsp3) is 0.500. The SMILES string of the molecule is C[C@@]1(C(=O)O)CCN(C(=O)CCCOc2ccc(F)cc2)C1. The number of carboxylic acid groups (broad SMARTS) is 1. The number of halogens is 1. The molecule has 0 radical (unpaired) electrons. The highest BCUT2D eigenvalue weighted by Gasteiger charge is 2.41. The molecule has 120 valence electrons. The zero-order valence-electron chi connectivity index (χ0n) is 12.5. The highest BCUT2D eigenvalue weighted by Crippen LogP contribution is 2.30. The van der Waals surface area contributed by atoms with E-state index in [0.717, 1.165) is 0 Å². The Kier molecular flexibility index (Phi) is 5.00. The number of carboxylic acids is 1. The number of benzene rings is 1. The van der Waals surface area contributed by atoms with E-state index in [0.29, 0.717) is 38.2 Å². The van der Waals surface area contributed by atoms with Crippen LogP contribution < -0.4 is 4.74 Å². The van der Waals surface area contributed by atoms with Crippen molar-refractivity contribution in [2.45, 2.75) is 26.2 Å². The van der Waals surface area contributed by atoms with E-state index in [1.54, 1.807) is 11.8 Å². The van der Waals surface area contributed by atoms with Gasteiger partial charge in [0.2, 0.25) is 5.91 Å². The van der Waals surface area contributed by atoms with Crippen molar-refractivity contribution in [3.05, 3.63) is 30.1 Å². The zero-order valence-corrected chi connectivity index (χ0v) is 12.5. The molecule has 1 aliphatic heterocycles. The molecule has 1 aliphatic rings. The number of rotatable bonds is 6. The predicted octanol–water partition coefficient (Wildman–Crippen LogP) is 2.31. The highest BCUT2D eigenvalue weighted by molar-refractivity contribution is 5.80. The van der Waals surface area contributed by atoms with Crippen LogP contribution in [-0.4, -0.2) is 41.6 Å². The molecule has 1 aromatic carbocycles. The van der Waals surface area contributed by atoms with Crippen LogP contribution >= 0.6 is 0 Å². The molecule has 1 aromatic rings. The second-order valence-electron chi connectivity index (χ2n) is 5.84. The Labute approximate surface area is 128 Å². The van der Waals surface area contributed by atoms with Crippen molar-refractivity contribution in [2.75, 3.05) is 19.7 Å². The van der Waals surface area contributed by atoms with Crippen molar-refractivity contribution in [3.8, 4) is 5.75 Å². The maximum absolute atomic E-state index is 12.7. The monoisotopic (exact) mass is 309 g/mol. The lowest BCUT2D eigenvalue weighted by atomic mass is 9.90. The Morgan fingerprint density at radius 2 is 2.05 bits per heavy atom. The normalized spacial score (nSPS) is 20.9. The maximum Gasteiger partial charge on any atom is 0.311 e. The van der Waals surface area contributed by atoms with E-state index in [1.807, 2.05) is 0 Å². The average molecular weight is 309 g/mol. The van der Waals surface area contributed by atoms with Crippen LogP contribution in [0.4, 0.5) is 4.39 Å². The molecule has 0 saturated carbocycles. The first-order valence-corrected chi connectivity index (χ1v) is 7.30. The zero-order chi connectivity index (χ0) is 16.2. The third-order valence-electron chi connectivity index (χ3n) is 3.96. The summed E-state index contributed by atoms with van der Waals surface area (Å²) >= 11 is 0. The number of carbonyl (C=O) groups excluding carboxylic acids is 1. The van der Waals surface area contributed by atoms with Crippen LogP contribution in [0.15, 0.2) is 24.3 Å². The largest absolute Gasteiger partial charge is 0.494 e. The molecule has 0 bridgehead atoms. The molecule has 0 aliphatic carbocycles. The van der Waals surface area contributed by atoms with E-state index in [2.05, 4.69) is 0 Å². The van der Waals surface area contributed by atoms with Crippen LogP contribution in [0, 0.1) is 11.2 Å². The third kappa shape index (κ3) is 3.96. The van der Waals surface area contributed by atoms with Gasteiger partial charge in [0.25, 0.3) is 0 Å². The minimum Gasteiger partial charge on any atom is -0.494 e. The lowest BCUT2D eigenvalue weighted by Gasteiger charge is -2.20. The van der Waals surface area contributed by atoms with E-state index in [4.69, 9.17) is 9.84 Å². The van der Waals surface area contributed by atoms with Gasteiger partial charge in [-0.15, -0.1) is 0 Å². The smallest absolute Gasteiger partial charge is 0.311 e. The topological polar surface area (TPSA) is 66.8 Å². The van der Waals surface area contributed by atoms with Gasteiger partial charge in [0, 0.05) is 19.5 Å². The first-order chi connectivity index (χ1) is 10.4. The fourth-order valence-corrected chi connectivity index (χ4v) is 2.45. The van der Waals surface area contributed by atoms with Crippen LogP contribution in [-0.2, 0) is 9.59 Å². The molecular weight excluding hydrogens is 289 g/mol. The second kappa shape index (κ2) is 6.77. The standard InChI is InChI=1S/C16H20FNO4/c1-16(15(20)21)8-9-18(11-16)14(19)3-2-10-22-13-6-4-12(17)5-7-13/h4-7H,2-3,8-11H2,1H3,(H,20,21)/t16-/m1/s1. The van der Waals surface area contributed by atoms with Gasteiger partial charge < -0.3 is 14.7 Å². The number of amides is 1. The van der Waals surface area contributed by atoms with Crippen molar-refractivity contribution in [3.63, 3.8) is 0 Å². The van der Waals surface area contributed by atoms with Gasteiger partial charge in [-0.3, -0.25) is 9.59 Å². The number of ether oxygens (including phenoxy) is 1. The molecular formula is C16H20FNO4. The molecule has 0 aromatic heterocycles. The molecule has 0 spiro atoms. The summed E-state index contributed by atoms with van der Waals surface area (Å²) in [5, 5.41) is 9.15. The summed E-state index contributed by atoms with van der Waals surface area (Å²) in [6.07, 6.45) is 1.34. The lowest BCUT2D eigenvalue weighted by Crippen LogP contribution is -2.34. The quantitative estimate of drug-likeness (QED) is 0.819. The Hall–Kier alpha value is -2.11. The highest BCUT2D eigenvalue weighted by atomic mass is 19.1. The lowest BCUT2D eigenvalue weighted by molar-refractivity contribution is -0.147. The maximum atomic E-state index is 12.7. The van der Waals surface area contributed by atoms with E-state index >= 15 is 0 Å². The summed E-state index contributed by atoms with van der Waals surface area (Å²) in [7, 11) is 0. The van der Waals surface area contributed by atoms with Crippen molar-refractivity contribution in [2.24, 2.45) is 5.41 Å². The van der Waals surface area contributed by atoms with Gasteiger partial charge in [0.15, 0.2) is 0 Å². The van der Waals surface area contributed by atoms with Crippen LogP contribution in [0.25, 0.3) is 0 Å². The molecule has 6 heteroatoms. The minimum atomic E-state index is -0.859. The van der Waals surface area contributed by atoms with Gasteiger partial charge in [-0.1, -0.05) is 0 Å². The van der Waals surface area contributed by atoms with Gasteiger partial charge in [-0.05, 0) is 44.0 Å². The Morgan fingerprint density at radius 1 is 1.36 bits per heavy atom. The van der Waals surface area contributed by atoms with Crippen molar-refractivity contribution >= 4 is 11.9 Å². The van der Waals surface area contributed by atoms with E-state index < -0.39 is 11.4 Å². The summed E-state index contributed by atoms with van der Waals surface area (Å²) in [5.41, 5.74) is -0.833. The summed E-state index contributed by atoms with van der Waals surface area (Å²) in [5.74, 6) is -0.665. The molecule has 1 atom stereocenters. The van der Waals surface area contributed by atoms with E-state index in [9.17, 15) is 14.0 Å². The third-order valence-corrected chi connectivity index (χ3v) is 3.96. The Bertz CT molecular complexity index is 546. The van der Waals surface area contributed by atoms with Gasteiger partial charge in [0.05, 0.1) is 12.0 Å². The van der Waals surface area contributed by atoms with Crippen LogP contribution in [0.5, 0.6) is 5.75 Å². The molecule has 5 nitrogen and oxygen atoms in total. The summed E-state index contributed by atoms with van der Waals surface area (Å²) in [4.78, 5) is 24.8. The van der Waals surface area contributed by atoms with Gasteiger partial charge >= 0.3 is 5.97 Å². The number of likely N-dealkylation sites (tertiary alicyclic amines) is 1. The van der Waals surface area contributed by atoms with Gasteiger partial charge in [-0.2, -0.15) is 0 Å². The molecule has 22 heavy (non-hydrogen) atoms. The summed E-state index contributed by atoms with van der Waals surface area (Å²) in [6, 6.07) is 5.71. The second-order valence-corrected chi connectivity index (χ2v) is 5.84. The van der Waals surface area contributed by atoms with Gasteiger partial charge in [-0.25, -0.2) is 4.39 Å². The molecule has 1 heterocycles. The van der Waals surface area contributed by atoms with E-state index in [1.165, 1.54) is 24.3 Å². The fourth-order valence-electron chi connectivity index (χ4n) is 2.45. The molecule has 1 fully saturated rings. The first-order valence-electron chi connectivity index (χ1n) is 7.30. The van der Waals surface area contributed by atoms with Gasteiger partial charge in [0.1, 0.15) is 11.6 Å². The van der Waals surface area contributed by atoms with Crippen molar-refractivity contribution in [1.82, 2.24) is 4.90 Å². The molecule has 0 unspecified atom stereocenters. The van der Waals surface area contributed by atoms with Crippen LogP contribution in [0.1, 0.15) is 26.2 Å². The first kappa shape index (κ1) is 16.3. The minimum absolute atomic E-state index is 0.0484. The number of hydrogen-bond donors (Lipinski definition) is 1. The molecule has 1 amide bonds. The van der Waals surface area contributed by atoms with Crippen molar-refractivity contribution in [1.29, 1.82) is 0 Å². The predicted molar refractivity (Wildman–Crippen MR) is 78.1 cm³/mol. The van der Waals surface area contributed by atoms with Crippen molar-refractivity contribution < 1.29 is 23.8 Å². The Morgan fingerprint density at radius 3 is 2.64 bits per heavy atom. The number of aliphatic carboxylic acids is 1.